The third-order valence-corrected chi connectivity index (χ3v) is 3.41. The van der Waals surface area contributed by atoms with Gasteiger partial charge in [-0.15, -0.1) is 0 Å². The SMILES string of the molecule is CCCCn1cnc2c(OCC)c(C(=O)OCC)c(C)nc21. The molecule has 0 bridgehead atoms. The Morgan fingerprint density at radius 2 is 2.05 bits per heavy atom. The van der Waals surface area contributed by atoms with Crippen molar-refractivity contribution >= 4 is 17.1 Å². The number of nitrogens with zero attached hydrogens (tertiary/aromatic N) is 3. The molecule has 6 heteroatoms. The van der Waals surface area contributed by atoms with Crippen LogP contribution in [0.1, 0.15) is 49.7 Å². The fourth-order valence-electron chi connectivity index (χ4n) is 2.37. The van der Waals surface area contributed by atoms with Crippen molar-refractivity contribution in [3.8, 4) is 5.75 Å². The van der Waals surface area contributed by atoms with E-state index in [1.54, 1.807) is 20.2 Å². The first-order valence-corrected chi connectivity index (χ1v) is 7.79. The first-order chi connectivity index (χ1) is 10.6. The number of hydrogen-bond donors (Lipinski definition) is 0. The molecular weight excluding hydrogens is 282 g/mol. The molecule has 2 heterocycles. The molecule has 0 spiro atoms. The summed E-state index contributed by atoms with van der Waals surface area (Å²) in [6.07, 6.45) is 3.90. The third kappa shape index (κ3) is 3.05. The van der Waals surface area contributed by atoms with E-state index in [0.717, 1.165) is 25.0 Å². The van der Waals surface area contributed by atoms with Gasteiger partial charge in [0.05, 0.1) is 25.2 Å². The van der Waals surface area contributed by atoms with Gasteiger partial charge in [-0.05, 0) is 27.2 Å². The molecule has 0 N–H and O–H groups in total. The predicted octanol–water partition coefficient (Wildman–Crippen LogP) is 3.12. The van der Waals surface area contributed by atoms with Crippen molar-refractivity contribution in [2.45, 2.75) is 47.1 Å². The summed E-state index contributed by atoms with van der Waals surface area (Å²) in [5, 5.41) is 0. The summed E-state index contributed by atoms with van der Waals surface area (Å²) in [4.78, 5) is 21.2. The number of imidazole rings is 1. The van der Waals surface area contributed by atoms with Gasteiger partial charge in [0.15, 0.2) is 16.9 Å². The van der Waals surface area contributed by atoms with Crippen LogP contribution in [0.2, 0.25) is 0 Å². The number of aryl methyl sites for hydroxylation is 2. The predicted molar refractivity (Wildman–Crippen MR) is 84.3 cm³/mol. The average Bonchev–Trinajstić information content (AvgIpc) is 2.88. The van der Waals surface area contributed by atoms with E-state index in [4.69, 9.17) is 9.47 Å². The molecule has 0 amide bonds. The first kappa shape index (κ1) is 16.3. The number of esters is 1. The highest BCUT2D eigenvalue weighted by molar-refractivity contribution is 5.99. The molecule has 0 radical (unpaired) electrons. The normalized spacial score (nSPS) is 10.9. The molecule has 0 atom stereocenters. The summed E-state index contributed by atoms with van der Waals surface area (Å²) in [6, 6.07) is 0. The molecule has 2 rings (SSSR count). The van der Waals surface area contributed by atoms with E-state index in [2.05, 4.69) is 16.9 Å². The quantitative estimate of drug-likeness (QED) is 0.735. The van der Waals surface area contributed by atoms with Gasteiger partial charge >= 0.3 is 5.97 Å². The second-order valence-corrected chi connectivity index (χ2v) is 5.02. The van der Waals surface area contributed by atoms with Crippen molar-refractivity contribution in [3.63, 3.8) is 0 Å². The monoisotopic (exact) mass is 305 g/mol. The van der Waals surface area contributed by atoms with E-state index in [0.29, 0.717) is 35.7 Å². The summed E-state index contributed by atoms with van der Waals surface area (Å²) in [7, 11) is 0. The Balaban J connectivity index is 2.59. The van der Waals surface area contributed by atoms with Crippen molar-refractivity contribution in [2.75, 3.05) is 13.2 Å². The standard InChI is InChI=1S/C16H23N3O3/c1-5-8-9-19-10-17-13-14(21-6-2)12(16(20)22-7-3)11(4)18-15(13)19/h10H,5-9H2,1-4H3. The number of pyridine rings is 1. The van der Waals surface area contributed by atoms with Crippen molar-refractivity contribution in [1.29, 1.82) is 0 Å². The summed E-state index contributed by atoms with van der Waals surface area (Å²) >= 11 is 0. The number of aromatic nitrogens is 3. The van der Waals surface area contributed by atoms with Crippen molar-refractivity contribution < 1.29 is 14.3 Å². The molecule has 22 heavy (non-hydrogen) atoms. The van der Waals surface area contributed by atoms with Crippen LogP contribution in [0.5, 0.6) is 5.75 Å². The van der Waals surface area contributed by atoms with Crippen LogP contribution in [0.3, 0.4) is 0 Å². The van der Waals surface area contributed by atoms with E-state index in [1.807, 2.05) is 11.5 Å². The zero-order valence-electron chi connectivity index (χ0n) is 13.7. The maximum Gasteiger partial charge on any atom is 0.343 e. The van der Waals surface area contributed by atoms with Gasteiger partial charge in [-0.1, -0.05) is 13.3 Å². The summed E-state index contributed by atoms with van der Waals surface area (Å²) < 4.78 is 12.8. The van der Waals surface area contributed by atoms with Gasteiger partial charge < -0.3 is 14.0 Å². The minimum absolute atomic E-state index is 0.312. The molecule has 2 aromatic heterocycles. The van der Waals surface area contributed by atoms with Gasteiger partial charge in [-0.25, -0.2) is 14.8 Å². The van der Waals surface area contributed by atoms with Gasteiger partial charge in [-0.2, -0.15) is 0 Å². The number of rotatable bonds is 7. The maximum atomic E-state index is 12.2. The first-order valence-electron chi connectivity index (χ1n) is 7.79. The molecule has 0 aliphatic rings. The molecule has 0 fully saturated rings. The van der Waals surface area contributed by atoms with Gasteiger partial charge in [0.2, 0.25) is 0 Å². The Morgan fingerprint density at radius 1 is 1.27 bits per heavy atom. The lowest BCUT2D eigenvalue weighted by molar-refractivity contribution is 0.0521. The molecule has 0 aliphatic carbocycles. The van der Waals surface area contributed by atoms with Crippen molar-refractivity contribution in [2.24, 2.45) is 0 Å². The van der Waals surface area contributed by atoms with Crippen LogP contribution >= 0.6 is 0 Å². The number of carbonyl (C=O) groups is 1. The highest BCUT2D eigenvalue weighted by Crippen LogP contribution is 2.30. The molecule has 120 valence electrons. The maximum absolute atomic E-state index is 12.2. The number of carbonyl (C=O) groups excluding carboxylic acids is 1. The Kier molecular flexibility index (Phi) is 5.35. The largest absolute Gasteiger partial charge is 0.490 e. The highest BCUT2D eigenvalue weighted by atomic mass is 16.5. The lowest BCUT2D eigenvalue weighted by Crippen LogP contribution is -2.12. The van der Waals surface area contributed by atoms with Crippen LogP contribution in [0.15, 0.2) is 6.33 Å². The topological polar surface area (TPSA) is 66.2 Å². The van der Waals surface area contributed by atoms with Crippen LogP contribution in [0.25, 0.3) is 11.2 Å². The molecule has 0 unspecified atom stereocenters. The number of ether oxygens (including phenoxy) is 2. The summed E-state index contributed by atoms with van der Waals surface area (Å²) in [6.45, 7) is 9.21. The Bertz CT molecular complexity index is 664. The smallest absolute Gasteiger partial charge is 0.343 e. The fourth-order valence-corrected chi connectivity index (χ4v) is 2.37. The van der Waals surface area contributed by atoms with Crippen LogP contribution < -0.4 is 4.74 Å². The van der Waals surface area contributed by atoms with E-state index in [1.165, 1.54) is 0 Å². The Hall–Kier alpha value is -2.11. The van der Waals surface area contributed by atoms with Crippen LogP contribution in [0.4, 0.5) is 0 Å². The molecule has 0 saturated carbocycles. The average molecular weight is 305 g/mol. The van der Waals surface area contributed by atoms with E-state index in [-0.39, 0.29) is 0 Å². The number of unbranched alkanes of at least 4 members (excludes halogenated alkanes) is 1. The lowest BCUT2D eigenvalue weighted by atomic mass is 10.1. The number of hydrogen-bond acceptors (Lipinski definition) is 5. The zero-order valence-corrected chi connectivity index (χ0v) is 13.7. The molecule has 2 aromatic rings. The summed E-state index contributed by atoms with van der Waals surface area (Å²) in [5.41, 5.74) is 2.35. The Morgan fingerprint density at radius 3 is 2.68 bits per heavy atom. The second kappa shape index (κ2) is 7.24. The van der Waals surface area contributed by atoms with E-state index >= 15 is 0 Å². The van der Waals surface area contributed by atoms with Crippen molar-refractivity contribution in [3.05, 3.63) is 17.6 Å². The molecule has 0 aliphatic heterocycles. The van der Waals surface area contributed by atoms with Gasteiger partial charge in [0, 0.05) is 6.54 Å². The lowest BCUT2D eigenvalue weighted by Gasteiger charge is -2.13. The fraction of sp³-hybridized carbons (Fsp3) is 0.562. The minimum Gasteiger partial charge on any atom is -0.490 e. The van der Waals surface area contributed by atoms with E-state index < -0.39 is 5.97 Å². The van der Waals surface area contributed by atoms with Crippen molar-refractivity contribution in [1.82, 2.24) is 14.5 Å². The van der Waals surface area contributed by atoms with Crippen LogP contribution in [-0.2, 0) is 11.3 Å². The molecular formula is C16H23N3O3. The van der Waals surface area contributed by atoms with E-state index in [9.17, 15) is 4.79 Å². The third-order valence-electron chi connectivity index (χ3n) is 3.41. The number of fused-ring (bicyclic) bond motifs is 1. The second-order valence-electron chi connectivity index (χ2n) is 5.02. The van der Waals surface area contributed by atoms with Crippen LogP contribution in [0, 0.1) is 6.92 Å². The molecule has 0 aromatic carbocycles. The molecule has 6 nitrogen and oxygen atoms in total. The van der Waals surface area contributed by atoms with Gasteiger partial charge in [-0.3, -0.25) is 0 Å². The zero-order chi connectivity index (χ0) is 16.1. The summed E-state index contributed by atoms with van der Waals surface area (Å²) in [5.74, 6) is 0.0552. The van der Waals surface area contributed by atoms with Gasteiger partial charge in [0.25, 0.3) is 0 Å². The van der Waals surface area contributed by atoms with Gasteiger partial charge in [0.1, 0.15) is 5.56 Å². The molecule has 0 saturated heterocycles. The van der Waals surface area contributed by atoms with Crippen LogP contribution in [-0.4, -0.2) is 33.7 Å². The Labute approximate surface area is 130 Å². The highest BCUT2D eigenvalue weighted by Gasteiger charge is 2.24. The minimum atomic E-state index is -0.416.